The van der Waals surface area contributed by atoms with Crippen LogP contribution in [0.3, 0.4) is 0 Å². The summed E-state index contributed by atoms with van der Waals surface area (Å²) < 4.78 is 6.25. The normalized spacial score (nSPS) is 25.8. The van der Waals surface area contributed by atoms with Gasteiger partial charge in [0.1, 0.15) is 29.1 Å². The van der Waals surface area contributed by atoms with Crippen molar-refractivity contribution in [3.63, 3.8) is 0 Å². The first kappa shape index (κ1) is 25.4. The molecule has 1 amide bonds. The fourth-order valence-electron chi connectivity index (χ4n) is 5.31. The summed E-state index contributed by atoms with van der Waals surface area (Å²) in [4.78, 5) is 32.8. The number of amides is 1. The molecule has 0 spiro atoms. The molecule has 1 unspecified atom stereocenters. The molecule has 2 aliphatic carbocycles. The second kappa shape index (κ2) is 10.3. The van der Waals surface area contributed by atoms with Crippen molar-refractivity contribution in [3.8, 4) is 10.6 Å². The van der Waals surface area contributed by atoms with Gasteiger partial charge in [0, 0.05) is 31.7 Å². The van der Waals surface area contributed by atoms with E-state index in [1.54, 1.807) is 22.4 Å². The maximum atomic E-state index is 12.2. The lowest BCUT2D eigenvalue weighted by Crippen LogP contribution is -2.45. The molecule has 3 fully saturated rings. The van der Waals surface area contributed by atoms with Gasteiger partial charge in [0.05, 0.1) is 40.4 Å². The zero-order chi connectivity index (χ0) is 26.4. The Morgan fingerprint density at radius 1 is 1.16 bits per heavy atom. The summed E-state index contributed by atoms with van der Waals surface area (Å²) >= 11 is 1.55. The smallest absolute Gasteiger partial charge is 0.248 e. The molecule has 202 valence electrons. The lowest BCUT2D eigenvalue weighted by Gasteiger charge is -2.30. The third-order valence-corrected chi connectivity index (χ3v) is 8.74. The first-order valence-electron chi connectivity index (χ1n) is 13.2. The van der Waals surface area contributed by atoms with Crippen LogP contribution in [0.5, 0.6) is 0 Å². The third-order valence-electron chi connectivity index (χ3n) is 7.70. The van der Waals surface area contributed by atoms with Crippen LogP contribution >= 0.6 is 11.3 Å². The quantitative estimate of drug-likeness (QED) is 0.335. The number of aliphatic hydroxyl groups is 2. The highest BCUT2D eigenvalue weighted by Gasteiger charge is 2.43. The summed E-state index contributed by atoms with van der Waals surface area (Å²) in [5.41, 5.74) is 3.25. The molecule has 0 aromatic carbocycles. The number of anilines is 2. The summed E-state index contributed by atoms with van der Waals surface area (Å²) in [6, 6.07) is 1.50. The van der Waals surface area contributed by atoms with E-state index in [9.17, 15) is 15.0 Å². The highest BCUT2D eigenvalue weighted by atomic mass is 32.1. The molecule has 4 atom stereocenters. The van der Waals surface area contributed by atoms with Crippen LogP contribution in [-0.2, 0) is 9.53 Å². The fraction of sp³-hybridized carbons (Fsp3) is 0.577. The Kier molecular flexibility index (Phi) is 6.89. The van der Waals surface area contributed by atoms with Crippen molar-refractivity contribution in [2.45, 2.75) is 51.4 Å². The van der Waals surface area contributed by atoms with E-state index in [0.29, 0.717) is 43.8 Å². The largest absolute Gasteiger partial charge is 0.390 e. The topological polar surface area (TPSA) is 146 Å². The SMILES string of the molecule is Cc1nc(NCC2CC2)nc(NC2C[C@H](CN3CCOCC3=O)[C@@H](O)[C@H]2O)c1-c1nc2c(C)nccc2s1. The number of nitrogens with zero attached hydrogens (tertiary/aromatic N) is 5. The van der Waals surface area contributed by atoms with Crippen LogP contribution < -0.4 is 10.6 Å². The van der Waals surface area contributed by atoms with Crippen LogP contribution in [0.25, 0.3) is 20.8 Å². The van der Waals surface area contributed by atoms with Crippen molar-refractivity contribution < 1.29 is 19.7 Å². The van der Waals surface area contributed by atoms with E-state index in [-0.39, 0.29) is 18.4 Å². The number of aliphatic hydroxyl groups excluding tert-OH is 2. The molecule has 0 bridgehead atoms. The third kappa shape index (κ3) is 5.05. The van der Waals surface area contributed by atoms with Gasteiger partial charge in [-0.05, 0) is 45.1 Å². The van der Waals surface area contributed by atoms with Crippen LogP contribution in [0.2, 0.25) is 0 Å². The maximum Gasteiger partial charge on any atom is 0.248 e. The van der Waals surface area contributed by atoms with Crippen molar-refractivity contribution in [1.29, 1.82) is 0 Å². The monoisotopic (exact) mass is 539 g/mol. The molecule has 38 heavy (non-hydrogen) atoms. The molecule has 11 nitrogen and oxygen atoms in total. The first-order valence-corrected chi connectivity index (χ1v) is 14.0. The van der Waals surface area contributed by atoms with E-state index in [4.69, 9.17) is 19.7 Å². The number of nitrogens with one attached hydrogen (secondary N) is 2. The summed E-state index contributed by atoms with van der Waals surface area (Å²) in [7, 11) is 0. The number of ether oxygens (including phenoxy) is 1. The van der Waals surface area contributed by atoms with Gasteiger partial charge in [0.2, 0.25) is 11.9 Å². The molecule has 2 saturated carbocycles. The highest BCUT2D eigenvalue weighted by Crippen LogP contribution is 2.39. The number of carbonyl (C=O) groups excluding carboxylic acids is 1. The van der Waals surface area contributed by atoms with E-state index in [1.165, 1.54) is 12.8 Å². The Labute approximate surface area is 224 Å². The predicted octanol–water partition coefficient (Wildman–Crippen LogP) is 1.97. The van der Waals surface area contributed by atoms with Gasteiger partial charge < -0.3 is 30.5 Å². The Hall–Kier alpha value is -2.93. The number of hydrogen-bond donors (Lipinski definition) is 4. The number of pyridine rings is 1. The average Bonchev–Trinajstić information content (AvgIpc) is 3.57. The minimum absolute atomic E-state index is 0.0599. The number of thiazole rings is 1. The Morgan fingerprint density at radius 2 is 2.00 bits per heavy atom. The highest BCUT2D eigenvalue weighted by molar-refractivity contribution is 7.21. The van der Waals surface area contributed by atoms with Crippen molar-refractivity contribution >= 4 is 39.2 Å². The predicted molar refractivity (Wildman–Crippen MR) is 144 cm³/mol. The number of carbonyl (C=O) groups is 1. The molecule has 3 aromatic rings. The van der Waals surface area contributed by atoms with Crippen LogP contribution in [0.1, 0.15) is 30.7 Å². The summed E-state index contributed by atoms with van der Waals surface area (Å²) in [6.45, 7) is 6.12. The van der Waals surface area contributed by atoms with Gasteiger partial charge >= 0.3 is 0 Å². The van der Waals surface area contributed by atoms with Gasteiger partial charge in [-0.15, -0.1) is 11.3 Å². The molecular formula is C26H33N7O4S. The molecule has 0 radical (unpaired) electrons. The van der Waals surface area contributed by atoms with Crippen molar-refractivity contribution in [3.05, 3.63) is 23.7 Å². The molecule has 1 aliphatic heterocycles. The summed E-state index contributed by atoms with van der Waals surface area (Å²) in [6.07, 6.45) is 2.73. The van der Waals surface area contributed by atoms with E-state index < -0.39 is 18.2 Å². The summed E-state index contributed by atoms with van der Waals surface area (Å²) in [5, 5.41) is 29.4. The second-order valence-electron chi connectivity index (χ2n) is 10.6. The fourth-order valence-corrected chi connectivity index (χ4v) is 6.42. The minimum Gasteiger partial charge on any atom is -0.390 e. The average molecular weight is 540 g/mol. The number of aromatic nitrogens is 4. The zero-order valence-corrected chi connectivity index (χ0v) is 22.4. The lowest BCUT2D eigenvalue weighted by molar-refractivity contribution is -0.144. The molecular weight excluding hydrogens is 506 g/mol. The Balaban J connectivity index is 1.30. The molecule has 4 N–H and O–H groups in total. The molecule has 3 aromatic heterocycles. The number of rotatable bonds is 8. The van der Waals surface area contributed by atoms with Gasteiger partial charge in [0.25, 0.3) is 0 Å². The van der Waals surface area contributed by atoms with E-state index in [1.807, 2.05) is 19.9 Å². The number of fused-ring (bicyclic) bond motifs is 1. The van der Waals surface area contributed by atoms with Crippen LogP contribution in [0.15, 0.2) is 12.3 Å². The Bertz CT molecular complexity index is 1350. The molecule has 3 aliphatic rings. The van der Waals surface area contributed by atoms with Crippen molar-refractivity contribution in [2.75, 3.05) is 43.5 Å². The van der Waals surface area contributed by atoms with E-state index in [2.05, 4.69) is 15.6 Å². The van der Waals surface area contributed by atoms with Crippen molar-refractivity contribution in [2.24, 2.45) is 11.8 Å². The van der Waals surface area contributed by atoms with Crippen LogP contribution in [-0.4, -0.2) is 92.1 Å². The maximum absolute atomic E-state index is 12.2. The van der Waals surface area contributed by atoms with Gasteiger partial charge in [-0.1, -0.05) is 0 Å². The first-order chi connectivity index (χ1) is 18.4. The lowest BCUT2D eigenvalue weighted by atomic mass is 10.0. The van der Waals surface area contributed by atoms with E-state index >= 15 is 0 Å². The van der Waals surface area contributed by atoms with Crippen LogP contribution in [0, 0.1) is 25.7 Å². The molecule has 6 rings (SSSR count). The number of aryl methyl sites for hydroxylation is 2. The Morgan fingerprint density at radius 3 is 2.76 bits per heavy atom. The minimum atomic E-state index is -1.01. The molecule has 1 saturated heterocycles. The zero-order valence-electron chi connectivity index (χ0n) is 21.6. The molecule has 4 heterocycles. The van der Waals surface area contributed by atoms with Gasteiger partial charge in [0.15, 0.2) is 0 Å². The van der Waals surface area contributed by atoms with Gasteiger partial charge in [-0.2, -0.15) is 4.98 Å². The van der Waals surface area contributed by atoms with Gasteiger partial charge in [-0.3, -0.25) is 9.78 Å². The van der Waals surface area contributed by atoms with Crippen LogP contribution in [0.4, 0.5) is 11.8 Å². The van der Waals surface area contributed by atoms with Gasteiger partial charge in [-0.25, -0.2) is 9.97 Å². The van der Waals surface area contributed by atoms with E-state index in [0.717, 1.165) is 38.7 Å². The number of hydrogen-bond acceptors (Lipinski definition) is 11. The van der Waals surface area contributed by atoms with Crippen molar-refractivity contribution in [1.82, 2.24) is 24.8 Å². The standard InChI is InChI=1S/C26H33N7O4S/c1-13-20(25-31-21-14(2)27-6-5-18(21)38-25)24(32-26(29-13)28-10-15-3-4-15)30-17-9-16(22(35)23(17)36)11-33-7-8-37-12-19(33)34/h5-6,15-17,22-23,35-36H,3-4,7-12H2,1-2H3,(H2,28,29,30,32)/t16-,17?,22-,23+/m1/s1. The second-order valence-corrected chi connectivity index (χ2v) is 11.6. The number of morpholine rings is 1. The summed E-state index contributed by atoms with van der Waals surface area (Å²) in [5.74, 6) is 1.41. The molecule has 12 heteroatoms.